The Hall–Kier alpha value is -0.870. The average molecular weight is 241 g/mol. The Kier molecular flexibility index (Phi) is 5.49. The number of aromatic hydroxyl groups is 1. The quantitative estimate of drug-likeness (QED) is 0.796. The molecule has 0 aliphatic rings. The maximum absolute atomic E-state index is 10.9. The van der Waals surface area contributed by atoms with Crippen LogP contribution in [0.25, 0.3) is 0 Å². The Labute approximate surface area is 99.3 Å². The van der Waals surface area contributed by atoms with E-state index in [1.165, 1.54) is 0 Å². The second kappa shape index (κ2) is 6.66. The molecule has 2 N–H and O–H groups in total. The van der Waals surface area contributed by atoms with Gasteiger partial charge in [-0.05, 0) is 19.4 Å². The molecule has 2 unspecified atom stereocenters. The monoisotopic (exact) mass is 241 g/mol. The van der Waals surface area contributed by atoms with Crippen LogP contribution >= 0.6 is 0 Å². The van der Waals surface area contributed by atoms with E-state index < -0.39 is 10.8 Å². The van der Waals surface area contributed by atoms with Gasteiger partial charge >= 0.3 is 0 Å². The SMILES string of the molecule is CC(CCS(C)=O)NCc1ccccc1O. The van der Waals surface area contributed by atoms with Crippen molar-refractivity contribution in [2.75, 3.05) is 12.0 Å². The van der Waals surface area contributed by atoms with Crippen LogP contribution in [0.4, 0.5) is 0 Å². The lowest BCUT2D eigenvalue weighted by molar-refractivity contribution is 0.457. The molecular formula is C12H19NO2S. The number of nitrogens with one attached hydrogen (secondary N) is 1. The summed E-state index contributed by atoms with van der Waals surface area (Å²) in [5, 5.41) is 12.9. The molecule has 0 radical (unpaired) electrons. The number of rotatable bonds is 6. The van der Waals surface area contributed by atoms with Gasteiger partial charge in [-0.1, -0.05) is 18.2 Å². The Morgan fingerprint density at radius 3 is 2.75 bits per heavy atom. The molecule has 90 valence electrons. The van der Waals surface area contributed by atoms with Gasteiger partial charge in [-0.15, -0.1) is 0 Å². The highest BCUT2D eigenvalue weighted by Gasteiger charge is 2.04. The fourth-order valence-electron chi connectivity index (χ4n) is 1.39. The molecule has 1 aromatic carbocycles. The summed E-state index contributed by atoms with van der Waals surface area (Å²) in [5.74, 6) is 1.04. The molecular weight excluding hydrogens is 222 g/mol. The first-order valence-corrected chi connectivity index (χ1v) is 7.12. The van der Waals surface area contributed by atoms with E-state index in [-0.39, 0.29) is 0 Å². The molecule has 0 saturated heterocycles. The van der Waals surface area contributed by atoms with Gasteiger partial charge in [0.15, 0.2) is 0 Å². The fourth-order valence-corrected chi connectivity index (χ4v) is 2.07. The van der Waals surface area contributed by atoms with Gasteiger partial charge in [0, 0.05) is 41.0 Å². The topological polar surface area (TPSA) is 49.3 Å². The second-order valence-electron chi connectivity index (χ2n) is 3.98. The normalized spacial score (nSPS) is 14.6. The Morgan fingerprint density at radius 1 is 1.44 bits per heavy atom. The van der Waals surface area contributed by atoms with Crippen LogP contribution in [0.1, 0.15) is 18.9 Å². The Morgan fingerprint density at radius 2 is 2.12 bits per heavy atom. The first kappa shape index (κ1) is 13.2. The van der Waals surface area contributed by atoms with Gasteiger partial charge in [0.25, 0.3) is 0 Å². The Bertz CT molecular complexity index is 355. The smallest absolute Gasteiger partial charge is 0.120 e. The van der Waals surface area contributed by atoms with Gasteiger partial charge in [0.1, 0.15) is 5.75 Å². The zero-order chi connectivity index (χ0) is 12.0. The van der Waals surface area contributed by atoms with Crippen molar-refractivity contribution in [2.45, 2.75) is 25.9 Å². The second-order valence-corrected chi connectivity index (χ2v) is 5.53. The van der Waals surface area contributed by atoms with Crippen LogP contribution in [0, 0.1) is 0 Å². The predicted molar refractivity (Wildman–Crippen MR) is 68.0 cm³/mol. The van der Waals surface area contributed by atoms with Crippen molar-refractivity contribution in [2.24, 2.45) is 0 Å². The molecule has 3 nitrogen and oxygen atoms in total. The minimum atomic E-state index is -0.728. The van der Waals surface area contributed by atoms with Crippen LogP contribution in [-0.2, 0) is 17.3 Å². The zero-order valence-corrected chi connectivity index (χ0v) is 10.6. The van der Waals surface area contributed by atoms with Crippen LogP contribution < -0.4 is 5.32 Å². The summed E-state index contributed by atoms with van der Waals surface area (Å²) >= 11 is 0. The summed E-state index contributed by atoms with van der Waals surface area (Å²) in [7, 11) is -0.728. The minimum Gasteiger partial charge on any atom is -0.508 e. The molecule has 0 saturated carbocycles. The van der Waals surface area contributed by atoms with E-state index in [0.29, 0.717) is 18.3 Å². The lowest BCUT2D eigenvalue weighted by atomic mass is 10.2. The fraction of sp³-hybridized carbons (Fsp3) is 0.500. The number of hydrogen-bond acceptors (Lipinski definition) is 3. The molecule has 16 heavy (non-hydrogen) atoms. The maximum Gasteiger partial charge on any atom is 0.120 e. The molecule has 0 amide bonds. The van der Waals surface area contributed by atoms with Crippen molar-refractivity contribution in [1.29, 1.82) is 0 Å². The molecule has 0 aliphatic carbocycles. The molecule has 0 aliphatic heterocycles. The molecule has 0 heterocycles. The van der Waals surface area contributed by atoms with E-state index >= 15 is 0 Å². The van der Waals surface area contributed by atoms with Crippen molar-refractivity contribution in [1.82, 2.24) is 5.32 Å². The summed E-state index contributed by atoms with van der Waals surface area (Å²) in [4.78, 5) is 0. The molecule has 0 bridgehead atoms. The van der Waals surface area contributed by atoms with Gasteiger partial charge in [-0.3, -0.25) is 4.21 Å². The largest absolute Gasteiger partial charge is 0.508 e. The molecule has 4 heteroatoms. The van der Waals surface area contributed by atoms with E-state index in [1.807, 2.05) is 18.2 Å². The van der Waals surface area contributed by atoms with E-state index in [4.69, 9.17) is 0 Å². The highest BCUT2D eigenvalue weighted by molar-refractivity contribution is 7.84. The van der Waals surface area contributed by atoms with Crippen molar-refractivity contribution in [3.8, 4) is 5.75 Å². The Balaban J connectivity index is 2.34. The molecule has 0 aromatic heterocycles. The van der Waals surface area contributed by atoms with E-state index in [0.717, 1.165) is 17.7 Å². The summed E-state index contributed by atoms with van der Waals surface area (Å²) in [6.07, 6.45) is 2.60. The van der Waals surface area contributed by atoms with Gasteiger partial charge < -0.3 is 10.4 Å². The lowest BCUT2D eigenvalue weighted by Gasteiger charge is -2.13. The van der Waals surface area contributed by atoms with Crippen LogP contribution in [0.3, 0.4) is 0 Å². The molecule has 0 fully saturated rings. The van der Waals surface area contributed by atoms with Crippen LogP contribution in [0.5, 0.6) is 5.75 Å². The third kappa shape index (κ3) is 4.77. The molecule has 2 atom stereocenters. The minimum absolute atomic E-state index is 0.309. The third-order valence-electron chi connectivity index (χ3n) is 2.47. The van der Waals surface area contributed by atoms with Gasteiger partial charge in [-0.2, -0.15) is 0 Å². The summed E-state index contributed by atoms with van der Waals surface area (Å²) in [5.41, 5.74) is 0.895. The summed E-state index contributed by atoms with van der Waals surface area (Å²) in [6.45, 7) is 2.71. The van der Waals surface area contributed by atoms with Gasteiger partial charge in [-0.25, -0.2) is 0 Å². The molecule has 0 spiro atoms. The van der Waals surface area contributed by atoms with Crippen molar-refractivity contribution in [3.63, 3.8) is 0 Å². The predicted octanol–water partition coefficient (Wildman–Crippen LogP) is 1.64. The van der Waals surface area contributed by atoms with Crippen LogP contribution in [0.15, 0.2) is 24.3 Å². The van der Waals surface area contributed by atoms with E-state index in [2.05, 4.69) is 12.2 Å². The summed E-state index contributed by atoms with van der Waals surface area (Å²) < 4.78 is 10.9. The third-order valence-corrected chi connectivity index (χ3v) is 3.28. The van der Waals surface area contributed by atoms with E-state index in [9.17, 15) is 9.32 Å². The van der Waals surface area contributed by atoms with Crippen molar-refractivity contribution >= 4 is 10.8 Å². The number of benzene rings is 1. The molecule has 1 rings (SSSR count). The number of phenolic OH excluding ortho intramolecular Hbond substituents is 1. The molecule has 1 aromatic rings. The maximum atomic E-state index is 10.9. The summed E-state index contributed by atoms with van der Waals surface area (Å²) in [6, 6.07) is 7.60. The number of hydrogen-bond donors (Lipinski definition) is 2. The average Bonchev–Trinajstić information content (AvgIpc) is 2.25. The van der Waals surface area contributed by atoms with Crippen molar-refractivity contribution in [3.05, 3.63) is 29.8 Å². The van der Waals surface area contributed by atoms with Crippen LogP contribution in [0.2, 0.25) is 0 Å². The first-order chi connectivity index (χ1) is 7.59. The standard InChI is InChI=1S/C12H19NO2S/c1-10(7-8-16(2)15)13-9-11-5-3-4-6-12(11)14/h3-6,10,13-14H,7-9H2,1-2H3. The van der Waals surface area contributed by atoms with Crippen LogP contribution in [-0.4, -0.2) is 27.4 Å². The first-order valence-electron chi connectivity index (χ1n) is 5.40. The number of phenols is 1. The highest BCUT2D eigenvalue weighted by atomic mass is 32.2. The number of para-hydroxylation sites is 1. The lowest BCUT2D eigenvalue weighted by Crippen LogP contribution is -2.26. The highest BCUT2D eigenvalue weighted by Crippen LogP contribution is 2.15. The zero-order valence-electron chi connectivity index (χ0n) is 9.77. The van der Waals surface area contributed by atoms with Crippen molar-refractivity contribution < 1.29 is 9.32 Å². The van der Waals surface area contributed by atoms with E-state index in [1.54, 1.807) is 12.3 Å². The van der Waals surface area contributed by atoms with Gasteiger partial charge in [0.2, 0.25) is 0 Å². The van der Waals surface area contributed by atoms with Gasteiger partial charge in [0.05, 0.1) is 0 Å².